The van der Waals surface area contributed by atoms with Crippen LogP contribution in [0.4, 0.5) is 0 Å². The second-order valence-electron chi connectivity index (χ2n) is 9.82. The van der Waals surface area contributed by atoms with Gasteiger partial charge in [-0.05, 0) is 89.8 Å². The summed E-state index contributed by atoms with van der Waals surface area (Å²) in [4.78, 5) is 0. The van der Waals surface area contributed by atoms with Gasteiger partial charge in [-0.25, -0.2) is 0 Å². The first-order valence-corrected chi connectivity index (χ1v) is 12.9. The van der Waals surface area contributed by atoms with E-state index >= 15 is 0 Å². The highest BCUT2D eigenvalue weighted by atomic mass is 14.3. The standard InChI is InChI=1S/C31H40/c1-3-5-6-7-25-11-16-28(17-12-25)29-18-13-26(14-19-29)8-9-27-15-21-30-22-24(4-2)10-20-31(30)23-27/h10,13-15,18-23,25,28H,3-9,11-12,16-17H2,1-2H3. The molecule has 0 amide bonds. The van der Waals surface area contributed by atoms with E-state index in [4.69, 9.17) is 0 Å². The number of benzene rings is 3. The molecule has 1 aliphatic carbocycles. The number of rotatable bonds is 9. The zero-order chi connectivity index (χ0) is 21.5. The van der Waals surface area contributed by atoms with E-state index in [0.29, 0.717) is 0 Å². The van der Waals surface area contributed by atoms with Gasteiger partial charge in [-0.1, -0.05) is 100 Å². The van der Waals surface area contributed by atoms with Crippen LogP contribution in [0.15, 0.2) is 60.7 Å². The lowest BCUT2D eigenvalue weighted by Gasteiger charge is -2.29. The summed E-state index contributed by atoms with van der Waals surface area (Å²) in [7, 11) is 0. The monoisotopic (exact) mass is 412 g/mol. The molecule has 0 saturated heterocycles. The molecule has 3 aromatic carbocycles. The van der Waals surface area contributed by atoms with Crippen molar-refractivity contribution < 1.29 is 0 Å². The number of unbranched alkanes of at least 4 members (excludes halogenated alkanes) is 2. The summed E-state index contributed by atoms with van der Waals surface area (Å²) in [5, 5.41) is 2.74. The molecule has 0 bridgehead atoms. The van der Waals surface area contributed by atoms with Gasteiger partial charge in [0.05, 0.1) is 0 Å². The van der Waals surface area contributed by atoms with Crippen molar-refractivity contribution in [2.45, 2.75) is 90.4 Å². The predicted octanol–water partition coefficient (Wildman–Crippen LogP) is 9.04. The zero-order valence-electron chi connectivity index (χ0n) is 19.7. The zero-order valence-corrected chi connectivity index (χ0v) is 19.7. The maximum absolute atomic E-state index is 2.42. The maximum Gasteiger partial charge on any atom is -0.0162 e. The highest BCUT2D eigenvalue weighted by Gasteiger charge is 2.21. The fraction of sp³-hybridized carbons (Fsp3) is 0.484. The SMILES string of the molecule is CCCCCC1CCC(c2ccc(CCc3ccc4cc(CC)ccc4c3)cc2)CC1. The van der Waals surface area contributed by atoms with Crippen molar-refractivity contribution in [1.29, 1.82) is 0 Å². The Morgan fingerprint density at radius 1 is 0.645 bits per heavy atom. The molecule has 0 unspecified atom stereocenters. The molecule has 4 rings (SSSR count). The van der Waals surface area contributed by atoms with E-state index in [1.165, 1.54) is 78.8 Å². The van der Waals surface area contributed by atoms with Crippen molar-refractivity contribution in [3.05, 3.63) is 82.9 Å². The molecular weight excluding hydrogens is 372 g/mol. The molecule has 0 radical (unpaired) electrons. The second-order valence-corrected chi connectivity index (χ2v) is 9.82. The fourth-order valence-electron chi connectivity index (χ4n) is 5.43. The molecular formula is C31H40. The van der Waals surface area contributed by atoms with E-state index in [9.17, 15) is 0 Å². The van der Waals surface area contributed by atoms with E-state index in [2.05, 4.69) is 74.5 Å². The van der Waals surface area contributed by atoms with Crippen molar-refractivity contribution in [3.63, 3.8) is 0 Å². The minimum atomic E-state index is 0.796. The molecule has 0 heterocycles. The minimum Gasteiger partial charge on any atom is -0.0654 e. The Bertz CT molecular complexity index is 941. The van der Waals surface area contributed by atoms with Crippen molar-refractivity contribution >= 4 is 10.8 Å². The maximum atomic E-state index is 2.42. The van der Waals surface area contributed by atoms with Gasteiger partial charge in [0.15, 0.2) is 0 Å². The van der Waals surface area contributed by atoms with Crippen LogP contribution in [0.5, 0.6) is 0 Å². The van der Waals surface area contributed by atoms with E-state index < -0.39 is 0 Å². The van der Waals surface area contributed by atoms with Crippen molar-refractivity contribution in [2.24, 2.45) is 5.92 Å². The van der Waals surface area contributed by atoms with Gasteiger partial charge in [0.25, 0.3) is 0 Å². The number of hydrogen-bond acceptors (Lipinski definition) is 0. The lowest BCUT2D eigenvalue weighted by molar-refractivity contribution is 0.303. The normalized spacial score (nSPS) is 19.0. The van der Waals surface area contributed by atoms with Gasteiger partial charge in [-0.2, -0.15) is 0 Å². The average Bonchev–Trinajstić information content (AvgIpc) is 2.83. The topological polar surface area (TPSA) is 0 Å². The van der Waals surface area contributed by atoms with Crippen molar-refractivity contribution in [2.75, 3.05) is 0 Å². The first-order valence-electron chi connectivity index (χ1n) is 12.9. The van der Waals surface area contributed by atoms with Crippen LogP contribution >= 0.6 is 0 Å². The van der Waals surface area contributed by atoms with E-state index in [-0.39, 0.29) is 0 Å². The number of fused-ring (bicyclic) bond motifs is 1. The Balaban J connectivity index is 1.28. The third-order valence-electron chi connectivity index (χ3n) is 7.59. The molecule has 1 fully saturated rings. The van der Waals surface area contributed by atoms with Crippen LogP contribution in [0.25, 0.3) is 10.8 Å². The summed E-state index contributed by atoms with van der Waals surface area (Å²) in [6, 6.07) is 23.5. The Kier molecular flexibility index (Phi) is 7.84. The fourth-order valence-corrected chi connectivity index (χ4v) is 5.43. The highest BCUT2D eigenvalue weighted by molar-refractivity contribution is 5.83. The molecule has 0 atom stereocenters. The lowest BCUT2D eigenvalue weighted by Crippen LogP contribution is -2.13. The molecule has 0 N–H and O–H groups in total. The van der Waals surface area contributed by atoms with Crippen molar-refractivity contribution in [3.8, 4) is 0 Å². The van der Waals surface area contributed by atoms with Crippen LogP contribution in [-0.2, 0) is 19.3 Å². The summed E-state index contributed by atoms with van der Waals surface area (Å²) in [5.74, 6) is 1.79. The summed E-state index contributed by atoms with van der Waals surface area (Å²) >= 11 is 0. The summed E-state index contributed by atoms with van der Waals surface area (Å²) < 4.78 is 0. The lowest BCUT2D eigenvalue weighted by atomic mass is 9.77. The first kappa shape index (κ1) is 22.1. The predicted molar refractivity (Wildman–Crippen MR) is 136 cm³/mol. The van der Waals surface area contributed by atoms with Gasteiger partial charge in [0, 0.05) is 0 Å². The van der Waals surface area contributed by atoms with Gasteiger partial charge in [-0.15, -0.1) is 0 Å². The van der Waals surface area contributed by atoms with E-state index in [0.717, 1.165) is 31.1 Å². The Morgan fingerprint density at radius 2 is 1.26 bits per heavy atom. The van der Waals surface area contributed by atoms with E-state index in [1.54, 1.807) is 5.56 Å². The number of aryl methyl sites for hydroxylation is 3. The minimum absolute atomic E-state index is 0.796. The summed E-state index contributed by atoms with van der Waals surface area (Å²) in [6.45, 7) is 4.53. The quantitative estimate of drug-likeness (QED) is 0.307. The number of hydrogen-bond donors (Lipinski definition) is 0. The van der Waals surface area contributed by atoms with Crippen LogP contribution in [0.3, 0.4) is 0 Å². The Hall–Kier alpha value is -2.08. The molecule has 0 spiro atoms. The smallest absolute Gasteiger partial charge is 0.0162 e. The molecule has 0 aliphatic heterocycles. The molecule has 1 aliphatic rings. The van der Waals surface area contributed by atoms with Crippen LogP contribution < -0.4 is 0 Å². The van der Waals surface area contributed by atoms with Gasteiger partial charge >= 0.3 is 0 Å². The average molecular weight is 413 g/mol. The summed E-state index contributed by atoms with van der Waals surface area (Å²) in [6.07, 6.45) is 14.7. The molecule has 0 heteroatoms. The van der Waals surface area contributed by atoms with E-state index in [1.807, 2.05) is 0 Å². The molecule has 1 saturated carbocycles. The summed E-state index contributed by atoms with van der Waals surface area (Å²) in [5.41, 5.74) is 5.92. The molecule has 0 nitrogen and oxygen atoms in total. The van der Waals surface area contributed by atoms with Gasteiger partial charge in [0.2, 0.25) is 0 Å². The van der Waals surface area contributed by atoms with Gasteiger partial charge in [-0.3, -0.25) is 0 Å². The molecule has 164 valence electrons. The van der Waals surface area contributed by atoms with Crippen LogP contribution in [0.2, 0.25) is 0 Å². The first-order chi connectivity index (χ1) is 15.2. The Morgan fingerprint density at radius 3 is 1.94 bits per heavy atom. The van der Waals surface area contributed by atoms with Gasteiger partial charge in [0.1, 0.15) is 0 Å². The van der Waals surface area contributed by atoms with Crippen LogP contribution in [0.1, 0.15) is 93.4 Å². The third-order valence-corrected chi connectivity index (χ3v) is 7.59. The molecule has 0 aromatic heterocycles. The van der Waals surface area contributed by atoms with Crippen molar-refractivity contribution in [1.82, 2.24) is 0 Å². The highest BCUT2D eigenvalue weighted by Crippen LogP contribution is 2.37. The molecule has 3 aromatic rings. The van der Waals surface area contributed by atoms with Crippen LogP contribution in [0, 0.1) is 5.92 Å². The van der Waals surface area contributed by atoms with Gasteiger partial charge < -0.3 is 0 Å². The third kappa shape index (κ3) is 6.00. The Labute approximate surface area is 190 Å². The largest absolute Gasteiger partial charge is 0.0654 e. The molecule has 31 heavy (non-hydrogen) atoms. The van der Waals surface area contributed by atoms with Crippen LogP contribution in [-0.4, -0.2) is 0 Å². The second kappa shape index (κ2) is 11.0.